The van der Waals surface area contributed by atoms with Crippen molar-refractivity contribution in [1.29, 1.82) is 0 Å². The topological polar surface area (TPSA) is 86.8 Å². The Morgan fingerprint density at radius 2 is 1.92 bits per heavy atom. The molecule has 200 valence electrons. The van der Waals surface area contributed by atoms with Gasteiger partial charge in [0.2, 0.25) is 5.91 Å². The molecule has 1 N–H and O–H groups in total. The number of nitrogens with zero attached hydrogens (tertiary/aromatic N) is 5. The summed E-state index contributed by atoms with van der Waals surface area (Å²) in [6.45, 7) is 4.49. The molecule has 0 spiro atoms. The second-order valence-corrected chi connectivity index (χ2v) is 10.4. The highest BCUT2D eigenvalue weighted by molar-refractivity contribution is 5.95. The lowest BCUT2D eigenvalue weighted by atomic mass is 10.0. The van der Waals surface area contributed by atoms with Crippen LogP contribution < -0.4 is 14.4 Å². The zero-order chi connectivity index (χ0) is 26.5. The second kappa shape index (κ2) is 9.53. The third-order valence-electron chi connectivity index (χ3n) is 7.91. The number of fused-ring (bicyclic) bond motifs is 7. The van der Waals surface area contributed by atoms with E-state index in [4.69, 9.17) is 9.47 Å². The number of anilines is 1. The summed E-state index contributed by atoms with van der Waals surface area (Å²) in [4.78, 5) is 23.2. The normalized spacial score (nSPS) is 19.7. The van der Waals surface area contributed by atoms with Gasteiger partial charge in [-0.15, -0.1) is 0 Å². The van der Waals surface area contributed by atoms with E-state index in [1.807, 2.05) is 24.1 Å². The smallest absolute Gasteiger partial charge is 0.236 e. The highest BCUT2D eigenvalue weighted by atomic mass is 19.1. The summed E-state index contributed by atoms with van der Waals surface area (Å²) in [5.41, 5.74) is 4.28. The van der Waals surface area contributed by atoms with E-state index in [1.165, 1.54) is 6.07 Å². The van der Waals surface area contributed by atoms with Crippen molar-refractivity contribution in [2.75, 3.05) is 57.9 Å². The maximum absolute atomic E-state index is 15.0. The number of H-pyrrole nitrogens is 1. The van der Waals surface area contributed by atoms with Crippen molar-refractivity contribution in [2.45, 2.75) is 12.5 Å². The summed E-state index contributed by atoms with van der Waals surface area (Å²) in [6.07, 6.45) is 2.31. The quantitative estimate of drug-likeness (QED) is 0.404. The third kappa shape index (κ3) is 4.24. The van der Waals surface area contributed by atoms with Crippen LogP contribution in [0.5, 0.6) is 11.5 Å². The molecule has 0 unspecified atom stereocenters. The number of pyridine rings is 1. The minimum absolute atomic E-state index is 0.179. The van der Waals surface area contributed by atoms with Crippen molar-refractivity contribution >= 4 is 22.5 Å². The van der Waals surface area contributed by atoms with E-state index in [0.29, 0.717) is 43.2 Å². The molecule has 10 heteroatoms. The van der Waals surface area contributed by atoms with E-state index in [-0.39, 0.29) is 17.8 Å². The van der Waals surface area contributed by atoms with Crippen LogP contribution in [0, 0.1) is 5.82 Å². The Labute approximate surface area is 225 Å². The lowest BCUT2D eigenvalue weighted by Gasteiger charge is -2.46. The molecule has 1 amide bonds. The molecule has 5 heterocycles. The molecule has 2 aromatic carbocycles. The second-order valence-electron chi connectivity index (χ2n) is 10.4. The molecule has 7 rings (SSSR count). The first kappa shape index (κ1) is 23.9. The summed E-state index contributed by atoms with van der Waals surface area (Å²) in [7, 11) is 1.88. The average Bonchev–Trinajstić information content (AvgIpc) is 3.36. The molecule has 9 nitrogen and oxygen atoms in total. The van der Waals surface area contributed by atoms with Gasteiger partial charge in [-0.1, -0.05) is 12.1 Å². The zero-order valence-corrected chi connectivity index (χ0v) is 21.7. The Hall–Kier alpha value is -4.18. The van der Waals surface area contributed by atoms with Gasteiger partial charge in [0.25, 0.3) is 0 Å². The fourth-order valence-electron chi connectivity index (χ4n) is 5.81. The van der Waals surface area contributed by atoms with E-state index in [2.05, 4.69) is 37.1 Å². The monoisotopic (exact) mass is 528 g/mol. The van der Waals surface area contributed by atoms with Crippen LogP contribution in [0.15, 0.2) is 48.7 Å². The summed E-state index contributed by atoms with van der Waals surface area (Å²) >= 11 is 0. The van der Waals surface area contributed by atoms with Crippen molar-refractivity contribution < 1.29 is 18.7 Å². The van der Waals surface area contributed by atoms with Crippen LogP contribution in [-0.4, -0.2) is 89.9 Å². The minimum atomic E-state index is -0.381. The molecule has 0 aliphatic carbocycles. The number of aromatic nitrogens is 3. The van der Waals surface area contributed by atoms with Crippen LogP contribution in [0.1, 0.15) is 6.42 Å². The Balaban J connectivity index is 1.28. The van der Waals surface area contributed by atoms with Crippen molar-refractivity contribution in [2.24, 2.45) is 0 Å². The fraction of sp³-hybridized carbons (Fsp3) is 0.345. The number of carbonyl (C=O) groups is 1. The molecule has 0 saturated carbocycles. The maximum atomic E-state index is 15.0. The number of likely N-dealkylation sites (N-methyl/N-ethyl adjacent to an activating group) is 1. The Bertz CT molecular complexity index is 1570. The number of aromatic amines is 1. The zero-order valence-electron chi connectivity index (χ0n) is 21.7. The standard InChI is InChI=1S/C29H29FN6O3/c1-34-15-19-16-36(9-8-35(19)17-27(34)37)24-7-6-18-12-26(24)39-11-3-10-38-25-5-2-4-21(30)28(25)22-13-20-23(14-31-22)32-33-29(18)20/h2,4-7,12-14,19H,3,8-11,15-17H2,1H3,(H,32,33)/t19-/m0/s1. The summed E-state index contributed by atoms with van der Waals surface area (Å²) in [5, 5.41) is 8.49. The van der Waals surface area contributed by atoms with E-state index in [9.17, 15) is 9.18 Å². The Morgan fingerprint density at radius 1 is 1.05 bits per heavy atom. The summed E-state index contributed by atoms with van der Waals surface area (Å²) in [6, 6.07) is 13.2. The van der Waals surface area contributed by atoms with Crippen molar-refractivity contribution in [3.63, 3.8) is 0 Å². The minimum Gasteiger partial charge on any atom is -0.493 e. The highest BCUT2D eigenvalue weighted by Crippen LogP contribution is 2.39. The molecule has 39 heavy (non-hydrogen) atoms. The molecule has 2 saturated heterocycles. The van der Waals surface area contributed by atoms with Crippen molar-refractivity contribution in [1.82, 2.24) is 25.0 Å². The average molecular weight is 529 g/mol. The number of nitrogens with one attached hydrogen (secondary N) is 1. The van der Waals surface area contributed by atoms with Gasteiger partial charge < -0.3 is 19.3 Å². The van der Waals surface area contributed by atoms with Crippen LogP contribution in [0.2, 0.25) is 0 Å². The number of ether oxygens (including phenoxy) is 2. The number of halogens is 1. The van der Waals surface area contributed by atoms with Crippen LogP contribution in [0.3, 0.4) is 0 Å². The van der Waals surface area contributed by atoms with Crippen LogP contribution >= 0.6 is 0 Å². The number of carbonyl (C=O) groups excluding carboxylic acids is 1. The molecule has 0 radical (unpaired) electrons. The molecule has 3 aliphatic heterocycles. The van der Waals surface area contributed by atoms with Gasteiger partial charge in [0.15, 0.2) is 0 Å². The van der Waals surface area contributed by atoms with Crippen molar-refractivity contribution in [3.8, 4) is 34.0 Å². The van der Waals surface area contributed by atoms with Gasteiger partial charge in [-0.05, 0) is 30.3 Å². The molecule has 4 bridgehead atoms. The van der Waals surface area contributed by atoms with Crippen molar-refractivity contribution in [3.05, 3.63) is 54.5 Å². The lowest BCUT2D eigenvalue weighted by molar-refractivity contribution is -0.137. The van der Waals surface area contributed by atoms with Gasteiger partial charge in [-0.25, -0.2) is 4.39 Å². The van der Waals surface area contributed by atoms with Gasteiger partial charge in [-0.3, -0.25) is 19.8 Å². The number of hydrogen-bond acceptors (Lipinski definition) is 7. The Kier molecular flexibility index (Phi) is 5.84. The molecule has 2 aromatic heterocycles. The fourth-order valence-corrected chi connectivity index (χ4v) is 5.81. The first-order valence-electron chi connectivity index (χ1n) is 13.3. The number of rotatable bonds is 1. The molecular formula is C29H29FN6O3. The van der Waals surface area contributed by atoms with Crippen LogP contribution in [0.4, 0.5) is 10.1 Å². The van der Waals surface area contributed by atoms with Gasteiger partial charge in [0.05, 0.1) is 48.4 Å². The number of benzene rings is 2. The number of hydrogen-bond donors (Lipinski definition) is 1. The Morgan fingerprint density at radius 3 is 2.82 bits per heavy atom. The predicted octanol–water partition coefficient (Wildman–Crippen LogP) is 3.55. The van der Waals surface area contributed by atoms with E-state index in [1.54, 1.807) is 18.3 Å². The number of piperazine rings is 2. The van der Waals surface area contributed by atoms with Crippen LogP contribution in [0.25, 0.3) is 33.4 Å². The third-order valence-corrected chi connectivity index (χ3v) is 7.91. The molecule has 1 atom stereocenters. The van der Waals surface area contributed by atoms with Crippen LogP contribution in [-0.2, 0) is 4.79 Å². The summed E-state index contributed by atoms with van der Waals surface area (Å²) in [5.74, 6) is 1.04. The molecule has 2 fully saturated rings. The summed E-state index contributed by atoms with van der Waals surface area (Å²) < 4.78 is 27.3. The van der Waals surface area contributed by atoms with Gasteiger partial charge in [-0.2, -0.15) is 5.10 Å². The first-order valence-corrected chi connectivity index (χ1v) is 13.3. The first-order chi connectivity index (χ1) is 19.0. The predicted molar refractivity (Wildman–Crippen MR) is 146 cm³/mol. The van der Waals surface area contributed by atoms with E-state index in [0.717, 1.165) is 59.8 Å². The SMILES string of the molecule is CN1C[C@H]2CN(c3ccc4cc3OCCCOc3cccc(F)c3-c3cc5c-4n[nH]c5cn3)CCN2CC1=O. The van der Waals surface area contributed by atoms with Gasteiger partial charge in [0.1, 0.15) is 23.0 Å². The molecule has 4 aromatic rings. The van der Waals surface area contributed by atoms with E-state index >= 15 is 0 Å². The highest BCUT2D eigenvalue weighted by Gasteiger charge is 2.35. The maximum Gasteiger partial charge on any atom is 0.236 e. The van der Waals surface area contributed by atoms with Gasteiger partial charge in [0, 0.05) is 56.6 Å². The van der Waals surface area contributed by atoms with Gasteiger partial charge >= 0.3 is 0 Å². The largest absolute Gasteiger partial charge is 0.493 e. The molecular weight excluding hydrogens is 499 g/mol. The number of amides is 1. The lowest BCUT2D eigenvalue weighted by Crippen LogP contribution is -2.63. The van der Waals surface area contributed by atoms with E-state index < -0.39 is 0 Å². The molecule has 3 aliphatic rings.